The van der Waals surface area contributed by atoms with Gasteiger partial charge in [-0.05, 0) is 36.9 Å². The number of ether oxygens (including phenoxy) is 1. The van der Waals surface area contributed by atoms with Gasteiger partial charge >= 0.3 is 0 Å². The summed E-state index contributed by atoms with van der Waals surface area (Å²) < 4.78 is 5.15. The van der Waals surface area contributed by atoms with Crippen molar-refractivity contribution in [2.75, 3.05) is 46.4 Å². The molecule has 134 valence electrons. The summed E-state index contributed by atoms with van der Waals surface area (Å²) in [6.07, 6.45) is 7.73. The molecule has 1 spiro atoms. The fourth-order valence-electron chi connectivity index (χ4n) is 4.71. The Hall–Kier alpha value is -1.65. The monoisotopic (exact) mass is 340 g/mol. The number of amides is 1. The number of methoxy groups -OCH3 is 1. The molecule has 1 aliphatic carbocycles. The zero-order valence-electron chi connectivity index (χ0n) is 15.1. The molecule has 0 saturated carbocycles. The molecular formula is C21H28N2O2. The van der Waals surface area contributed by atoms with Gasteiger partial charge in [0.05, 0.1) is 12.5 Å². The summed E-state index contributed by atoms with van der Waals surface area (Å²) in [4.78, 5) is 17.4. The Bertz CT molecular complexity index is 662. The highest BCUT2D eigenvalue weighted by atomic mass is 16.5. The molecule has 1 aromatic rings. The van der Waals surface area contributed by atoms with Gasteiger partial charge in [-0.3, -0.25) is 4.79 Å². The summed E-state index contributed by atoms with van der Waals surface area (Å²) in [6, 6.07) is 8.71. The molecule has 1 aromatic carbocycles. The standard InChI is InChI=1S/C21H28N2O2/c1-25-15-14-22-11-7-18(16-22)20(24)23-12-9-21(10-13-23)8-6-17-4-2-3-5-19(17)21/h2-6,8,18H,7,9-16H2,1H3/t18-/m1/s1. The maximum Gasteiger partial charge on any atom is 0.227 e. The minimum Gasteiger partial charge on any atom is -0.383 e. The van der Waals surface area contributed by atoms with E-state index in [0.29, 0.717) is 5.91 Å². The second-order valence-electron chi connectivity index (χ2n) is 7.68. The molecule has 1 atom stereocenters. The minimum absolute atomic E-state index is 0.160. The highest BCUT2D eigenvalue weighted by Gasteiger charge is 2.40. The quantitative estimate of drug-likeness (QED) is 0.844. The van der Waals surface area contributed by atoms with Crippen molar-refractivity contribution in [3.63, 3.8) is 0 Å². The van der Waals surface area contributed by atoms with E-state index in [1.807, 2.05) is 0 Å². The van der Waals surface area contributed by atoms with Crippen molar-refractivity contribution in [3.8, 4) is 0 Å². The van der Waals surface area contributed by atoms with Crippen molar-refractivity contribution in [3.05, 3.63) is 41.5 Å². The van der Waals surface area contributed by atoms with Crippen LogP contribution >= 0.6 is 0 Å². The Kier molecular flexibility index (Phi) is 4.65. The van der Waals surface area contributed by atoms with Crippen LogP contribution in [0, 0.1) is 5.92 Å². The van der Waals surface area contributed by atoms with E-state index < -0.39 is 0 Å². The van der Waals surface area contributed by atoms with Crippen molar-refractivity contribution < 1.29 is 9.53 Å². The van der Waals surface area contributed by atoms with Crippen molar-refractivity contribution in [2.24, 2.45) is 5.92 Å². The molecule has 2 heterocycles. The molecule has 0 radical (unpaired) electrons. The van der Waals surface area contributed by atoms with E-state index in [0.717, 1.165) is 58.6 Å². The van der Waals surface area contributed by atoms with Crippen molar-refractivity contribution >= 4 is 12.0 Å². The van der Waals surface area contributed by atoms with Crippen molar-refractivity contribution in [2.45, 2.75) is 24.7 Å². The molecular weight excluding hydrogens is 312 g/mol. The van der Waals surface area contributed by atoms with Crippen LogP contribution < -0.4 is 0 Å². The smallest absolute Gasteiger partial charge is 0.227 e. The number of piperidine rings is 1. The molecule has 25 heavy (non-hydrogen) atoms. The molecule has 2 saturated heterocycles. The number of hydrogen-bond acceptors (Lipinski definition) is 3. The van der Waals surface area contributed by atoms with Gasteiger partial charge in [-0.1, -0.05) is 36.4 Å². The fraction of sp³-hybridized carbons (Fsp3) is 0.571. The fourth-order valence-corrected chi connectivity index (χ4v) is 4.71. The maximum absolute atomic E-state index is 12.9. The lowest BCUT2D eigenvalue weighted by molar-refractivity contribution is -0.136. The Morgan fingerprint density at radius 1 is 1.24 bits per heavy atom. The summed E-state index contributed by atoms with van der Waals surface area (Å²) in [5.74, 6) is 0.544. The molecule has 4 heteroatoms. The van der Waals surface area contributed by atoms with Gasteiger partial charge in [0.2, 0.25) is 5.91 Å². The van der Waals surface area contributed by atoms with Gasteiger partial charge in [-0.2, -0.15) is 0 Å². The van der Waals surface area contributed by atoms with E-state index in [9.17, 15) is 4.79 Å². The van der Waals surface area contributed by atoms with Crippen LogP contribution in [-0.4, -0.2) is 62.1 Å². The molecule has 4 nitrogen and oxygen atoms in total. The largest absolute Gasteiger partial charge is 0.383 e. The summed E-state index contributed by atoms with van der Waals surface area (Å²) in [5.41, 5.74) is 2.97. The van der Waals surface area contributed by atoms with Crippen LogP contribution in [0.4, 0.5) is 0 Å². The molecule has 2 fully saturated rings. The van der Waals surface area contributed by atoms with Crippen LogP contribution in [0.3, 0.4) is 0 Å². The predicted molar refractivity (Wildman–Crippen MR) is 99.4 cm³/mol. The predicted octanol–water partition coefficient (Wildman–Crippen LogP) is 2.54. The van der Waals surface area contributed by atoms with Crippen LogP contribution in [0.5, 0.6) is 0 Å². The first-order valence-electron chi connectivity index (χ1n) is 9.51. The lowest BCUT2D eigenvalue weighted by atomic mass is 9.74. The van der Waals surface area contributed by atoms with E-state index >= 15 is 0 Å². The second-order valence-corrected chi connectivity index (χ2v) is 7.68. The number of nitrogens with zero attached hydrogens (tertiary/aromatic N) is 2. The van der Waals surface area contributed by atoms with Gasteiger partial charge in [-0.15, -0.1) is 0 Å². The molecule has 2 aliphatic heterocycles. The molecule has 0 aromatic heterocycles. The van der Waals surface area contributed by atoms with Gasteiger partial charge in [0.15, 0.2) is 0 Å². The number of allylic oxidation sites excluding steroid dienone is 1. The van der Waals surface area contributed by atoms with Gasteiger partial charge in [0.25, 0.3) is 0 Å². The van der Waals surface area contributed by atoms with Crippen LogP contribution in [-0.2, 0) is 14.9 Å². The summed E-state index contributed by atoms with van der Waals surface area (Å²) in [5, 5.41) is 0. The van der Waals surface area contributed by atoms with Gasteiger partial charge in [0.1, 0.15) is 0 Å². The number of hydrogen-bond donors (Lipinski definition) is 0. The Morgan fingerprint density at radius 2 is 2.04 bits per heavy atom. The lowest BCUT2D eigenvalue weighted by Gasteiger charge is -2.40. The molecule has 3 aliphatic rings. The molecule has 1 amide bonds. The number of carbonyl (C=O) groups is 1. The first kappa shape index (κ1) is 16.8. The first-order chi connectivity index (χ1) is 12.2. The zero-order valence-corrected chi connectivity index (χ0v) is 15.1. The lowest BCUT2D eigenvalue weighted by Crippen LogP contribution is -2.46. The van der Waals surface area contributed by atoms with Crippen LogP contribution in [0.2, 0.25) is 0 Å². The summed E-state index contributed by atoms with van der Waals surface area (Å²) in [6.45, 7) is 5.36. The van der Waals surface area contributed by atoms with E-state index in [-0.39, 0.29) is 11.3 Å². The van der Waals surface area contributed by atoms with E-state index in [4.69, 9.17) is 4.74 Å². The van der Waals surface area contributed by atoms with Gasteiger partial charge < -0.3 is 14.5 Å². The summed E-state index contributed by atoms with van der Waals surface area (Å²) in [7, 11) is 1.73. The third kappa shape index (κ3) is 3.13. The first-order valence-corrected chi connectivity index (χ1v) is 9.51. The normalized spacial score (nSPS) is 24.8. The highest BCUT2D eigenvalue weighted by Crippen LogP contribution is 2.43. The SMILES string of the molecule is COCCN1CC[C@@H](C(=O)N2CCC3(C=Cc4ccccc43)CC2)C1. The van der Waals surface area contributed by atoms with Crippen LogP contribution in [0.25, 0.3) is 6.08 Å². The van der Waals surface area contributed by atoms with Crippen LogP contribution in [0.15, 0.2) is 30.3 Å². The Morgan fingerprint density at radius 3 is 2.84 bits per heavy atom. The third-order valence-corrected chi connectivity index (χ3v) is 6.28. The van der Waals surface area contributed by atoms with E-state index in [2.05, 4.69) is 46.2 Å². The number of likely N-dealkylation sites (tertiary alicyclic amines) is 2. The second kappa shape index (κ2) is 6.93. The van der Waals surface area contributed by atoms with Gasteiger partial charge in [0, 0.05) is 38.7 Å². The van der Waals surface area contributed by atoms with Crippen LogP contribution in [0.1, 0.15) is 30.4 Å². The molecule has 0 N–H and O–H groups in total. The average molecular weight is 340 g/mol. The zero-order chi connectivity index (χ0) is 17.3. The maximum atomic E-state index is 12.9. The molecule has 0 bridgehead atoms. The minimum atomic E-state index is 0.160. The molecule has 0 unspecified atom stereocenters. The number of rotatable bonds is 4. The van der Waals surface area contributed by atoms with E-state index in [1.54, 1.807) is 7.11 Å². The highest BCUT2D eigenvalue weighted by molar-refractivity contribution is 5.79. The van der Waals surface area contributed by atoms with E-state index in [1.165, 1.54) is 11.1 Å². The van der Waals surface area contributed by atoms with Crippen molar-refractivity contribution in [1.29, 1.82) is 0 Å². The third-order valence-electron chi connectivity index (χ3n) is 6.28. The van der Waals surface area contributed by atoms with Crippen molar-refractivity contribution in [1.82, 2.24) is 9.80 Å². The summed E-state index contributed by atoms with van der Waals surface area (Å²) >= 11 is 0. The number of carbonyl (C=O) groups excluding carboxylic acids is 1. The Balaban J connectivity index is 1.35. The van der Waals surface area contributed by atoms with Gasteiger partial charge in [-0.25, -0.2) is 0 Å². The topological polar surface area (TPSA) is 32.8 Å². The average Bonchev–Trinajstić information content (AvgIpc) is 3.26. The Labute approximate surface area is 150 Å². The molecule has 4 rings (SSSR count). The number of fused-ring (bicyclic) bond motifs is 2. The number of benzene rings is 1.